The number of amides is 1. The number of aryl methyl sites for hydroxylation is 1. The van der Waals surface area contributed by atoms with Gasteiger partial charge in [0.1, 0.15) is 0 Å². The zero-order chi connectivity index (χ0) is 19.4. The summed E-state index contributed by atoms with van der Waals surface area (Å²) in [4.78, 5) is 27.8. The Hall–Kier alpha value is -3.56. The zero-order valence-corrected chi connectivity index (χ0v) is 15.0. The first-order chi connectivity index (χ1) is 13.0. The first kappa shape index (κ1) is 18.2. The third-order valence-electron chi connectivity index (χ3n) is 4.00. The maximum atomic E-state index is 12.6. The van der Waals surface area contributed by atoms with Gasteiger partial charge < -0.3 is 15.0 Å². The Bertz CT molecular complexity index is 946. The molecule has 3 aromatic rings. The second-order valence-corrected chi connectivity index (χ2v) is 6.02. The first-order valence-corrected chi connectivity index (χ1v) is 8.37. The van der Waals surface area contributed by atoms with Crippen molar-refractivity contribution in [1.82, 2.24) is 29.4 Å². The molecule has 0 fully saturated rings. The van der Waals surface area contributed by atoms with Crippen LogP contribution < -0.4 is 0 Å². The molecule has 0 aliphatic heterocycles. The van der Waals surface area contributed by atoms with Crippen molar-refractivity contribution in [3.8, 4) is 0 Å². The number of nitrogens with zero attached hydrogens (tertiary/aromatic N) is 7. The smallest absolute Gasteiger partial charge is 0.390 e. The molecular formula is C17H19N7O3. The predicted molar refractivity (Wildman–Crippen MR) is 95.9 cm³/mol. The number of hydrogen-bond acceptors (Lipinski definition) is 6. The molecule has 0 spiro atoms. The van der Waals surface area contributed by atoms with Crippen LogP contribution in [0.1, 0.15) is 28.5 Å². The minimum absolute atomic E-state index is 0.107. The highest BCUT2D eigenvalue weighted by Gasteiger charge is 2.15. The Morgan fingerprint density at radius 2 is 1.93 bits per heavy atom. The molecule has 140 valence electrons. The third kappa shape index (κ3) is 4.35. The van der Waals surface area contributed by atoms with Crippen molar-refractivity contribution < 1.29 is 9.72 Å². The van der Waals surface area contributed by atoms with E-state index in [1.54, 1.807) is 36.2 Å². The number of aromatic nitrogens is 5. The lowest BCUT2D eigenvalue weighted by atomic mass is 10.1. The van der Waals surface area contributed by atoms with Crippen molar-refractivity contribution in [2.75, 3.05) is 7.05 Å². The van der Waals surface area contributed by atoms with Crippen LogP contribution in [-0.2, 0) is 19.6 Å². The molecule has 10 nitrogen and oxygen atoms in total. The van der Waals surface area contributed by atoms with E-state index in [0.717, 1.165) is 17.8 Å². The number of carbonyl (C=O) groups is 1. The summed E-state index contributed by atoms with van der Waals surface area (Å²) in [7, 11) is 1.73. The van der Waals surface area contributed by atoms with Gasteiger partial charge in [-0.2, -0.15) is 9.78 Å². The molecule has 0 radical (unpaired) electrons. The van der Waals surface area contributed by atoms with Crippen molar-refractivity contribution in [1.29, 1.82) is 0 Å². The summed E-state index contributed by atoms with van der Waals surface area (Å²) in [5.41, 5.74) is 2.24. The van der Waals surface area contributed by atoms with Gasteiger partial charge in [0.2, 0.25) is 6.33 Å². The van der Waals surface area contributed by atoms with Crippen LogP contribution in [0.5, 0.6) is 0 Å². The molecule has 0 atom stereocenters. The van der Waals surface area contributed by atoms with Gasteiger partial charge in [-0.05, 0) is 35.6 Å². The molecule has 10 heteroatoms. The van der Waals surface area contributed by atoms with Crippen LogP contribution in [0.3, 0.4) is 0 Å². The maximum Gasteiger partial charge on any atom is 0.490 e. The second kappa shape index (κ2) is 7.77. The van der Waals surface area contributed by atoms with Crippen LogP contribution in [0.15, 0.2) is 42.9 Å². The Balaban J connectivity index is 1.62. The molecule has 0 N–H and O–H groups in total. The van der Waals surface area contributed by atoms with Gasteiger partial charge in [0.05, 0.1) is 18.8 Å². The fourth-order valence-corrected chi connectivity index (χ4v) is 2.58. The van der Waals surface area contributed by atoms with Crippen LogP contribution in [0.25, 0.3) is 0 Å². The third-order valence-corrected chi connectivity index (χ3v) is 4.00. The minimum Gasteiger partial charge on any atom is -0.390 e. The lowest BCUT2D eigenvalue weighted by molar-refractivity contribution is -0.394. The number of benzene rings is 1. The van der Waals surface area contributed by atoms with Gasteiger partial charge in [-0.25, -0.2) is 0 Å². The molecule has 0 aliphatic carbocycles. The molecule has 2 heterocycles. The normalized spacial score (nSPS) is 10.7. The van der Waals surface area contributed by atoms with E-state index in [2.05, 4.69) is 15.2 Å². The number of nitro groups is 1. The molecule has 1 aromatic carbocycles. The van der Waals surface area contributed by atoms with E-state index in [4.69, 9.17) is 0 Å². The van der Waals surface area contributed by atoms with E-state index in [1.807, 2.05) is 23.9 Å². The maximum absolute atomic E-state index is 12.6. The SMILES string of the molecule is CCn1ccc(CN(C)C(=O)c2ccc(Cn3cnc([N+](=O)[O-])n3)cc2)n1. The van der Waals surface area contributed by atoms with Crippen LogP contribution >= 0.6 is 0 Å². The predicted octanol–water partition coefficient (Wildman–Crippen LogP) is 1.72. The Morgan fingerprint density at radius 3 is 2.52 bits per heavy atom. The van der Waals surface area contributed by atoms with E-state index >= 15 is 0 Å². The molecule has 3 rings (SSSR count). The van der Waals surface area contributed by atoms with Gasteiger partial charge in [0, 0.05) is 30.5 Å². The van der Waals surface area contributed by atoms with Crippen molar-refractivity contribution in [2.24, 2.45) is 0 Å². The molecule has 0 saturated carbocycles. The van der Waals surface area contributed by atoms with Crippen LogP contribution in [-0.4, -0.2) is 47.3 Å². The van der Waals surface area contributed by atoms with Crippen molar-refractivity contribution in [2.45, 2.75) is 26.6 Å². The fraction of sp³-hybridized carbons (Fsp3) is 0.294. The summed E-state index contributed by atoms with van der Waals surface area (Å²) in [6.45, 7) is 3.55. The van der Waals surface area contributed by atoms with Crippen LogP contribution in [0.2, 0.25) is 0 Å². The monoisotopic (exact) mass is 369 g/mol. The van der Waals surface area contributed by atoms with Gasteiger partial charge in [-0.3, -0.25) is 9.48 Å². The quantitative estimate of drug-likeness (QED) is 0.463. The van der Waals surface area contributed by atoms with Gasteiger partial charge in [-0.15, -0.1) is 0 Å². The molecule has 0 aliphatic rings. The average Bonchev–Trinajstić information content (AvgIpc) is 3.31. The number of rotatable bonds is 7. The van der Waals surface area contributed by atoms with Crippen molar-refractivity contribution in [3.05, 3.63) is 69.8 Å². The van der Waals surface area contributed by atoms with E-state index < -0.39 is 10.9 Å². The summed E-state index contributed by atoms with van der Waals surface area (Å²) < 4.78 is 3.20. The largest absolute Gasteiger partial charge is 0.490 e. The molecular weight excluding hydrogens is 350 g/mol. The Kier molecular flexibility index (Phi) is 5.25. The summed E-state index contributed by atoms with van der Waals surface area (Å²) in [5.74, 6) is -0.544. The van der Waals surface area contributed by atoms with E-state index in [-0.39, 0.29) is 5.91 Å². The van der Waals surface area contributed by atoms with Crippen molar-refractivity contribution >= 4 is 11.9 Å². The molecule has 0 unspecified atom stereocenters. The molecule has 0 bridgehead atoms. The van der Waals surface area contributed by atoms with Gasteiger partial charge in [0.15, 0.2) is 0 Å². The lowest BCUT2D eigenvalue weighted by Crippen LogP contribution is -2.26. The summed E-state index contributed by atoms with van der Waals surface area (Å²) >= 11 is 0. The Morgan fingerprint density at radius 1 is 1.19 bits per heavy atom. The highest BCUT2D eigenvalue weighted by atomic mass is 16.6. The van der Waals surface area contributed by atoms with Crippen LogP contribution in [0, 0.1) is 10.1 Å². The standard InChI is InChI=1S/C17H19N7O3/c1-3-22-9-8-15(19-22)11-21(2)16(25)14-6-4-13(5-7-14)10-23-12-18-17(20-23)24(26)27/h4-9,12H,3,10-11H2,1-2H3. The van der Waals surface area contributed by atoms with Crippen molar-refractivity contribution in [3.63, 3.8) is 0 Å². The van der Waals surface area contributed by atoms with Gasteiger partial charge in [0.25, 0.3) is 5.91 Å². The molecule has 0 saturated heterocycles. The minimum atomic E-state index is -0.641. The fourth-order valence-electron chi connectivity index (χ4n) is 2.58. The Labute approximate surface area is 155 Å². The topological polar surface area (TPSA) is 112 Å². The van der Waals surface area contributed by atoms with Gasteiger partial charge in [-0.1, -0.05) is 17.1 Å². The molecule has 2 aromatic heterocycles. The summed E-state index contributed by atoms with van der Waals surface area (Å²) in [6.07, 6.45) is 3.19. The number of carbonyl (C=O) groups excluding carboxylic acids is 1. The van der Waals surface area contributed by atoms with Gasteiger partial charge >= 0.3 is 5.95 Å². The summed E-state index contributed by atoms with van der Waals surface area (Å²) in [6, 6.07) is 8.93. The molecule has 27 heavy (non-hydrogen) atoms. The van der Waals surface area contributed by atoms with Crippen LogP contribution in [0.4, 0.5) is 5.95 Å². The molecule has 1 amide bonds. The van der Waals surface area contributed by atoms with E-state index in [0.29, 0.717) is 18.7 Å². The summed E-state index contributed by atoms with van der Waals surface area (Å²) in [5, 5.41) is 18.8. The average molecular weight is 369 g/mol. The number of hydrogen-bond donors (Lipinski definition) is 0. The second-order valence-electron chi connectivity index (χ2n) is 6.02. The highest BCUT2D eigenvalue weighted by Crippen LogP contribution is 2.11. The highest BCUT2D eigenvalue weighted by molar-refractivity contribution is 5.94. The first-order valence-electron chi connectivity index (χ1n) is 8.37. The lowest BCUT2D eigenvalue weighted by Gasteiger charge is -2.16. The van der Waals surface area contributed by atoms with E-state index in [9.17, 15) is 14.9 Å². The van der Waals surface area contributed by atoms with E-state index in [1.165, 1.54) is 11.0 Å². The zero-order valence-electron chi connectivity index (χ0n) is 15.0.